The Morgan fingerprint density at radius 2 is 2.29 bits per heavy atom. The van der Waals surface area contributed by atoms with Crippen LogP contribution < -0.4 is 0 Å². The van der Waals surface area contributed by atoms with Crippen LogP contribution in [0.25, 0.3) is 0 Å². The number of thiophene rings is 1. The van der Waals surface area contributed by atoms with Gasteiger partial charge < -0.3 is 4.90 Å². The first-order valence-electron chi connectivity index (χ1n) is 5.42. The number of likely N-dealkylation sites (tertiary alicyclic amines) is 1. The molecule has 1 aromatic heterocycles. The maximum Gasteiger partial charge on any atom is 0.255 e. The molecule has 1 aromatic rings. The Morgan fingerprint density at radius 1 is 1.53 bits per heavy atom. The molecule has 1 unspecified atom stereocenters. The molecular formula is C11H12Br3NOS. The monoisotopic (exact) mass is 443 g/mol. The zero-order valence-corrected chi connectivity index (χ0v) is 14.7. The molecule has 0 saturated carbocycles. The number of nitrogens with zero attached hydrogens (tertiary/aromatic N) is 1. The average molecular weight is 446 g/mol. The Kier molecular flexibility index (Phi) is 5.09. The van der Waals surface area contributed by atoms with Crippen LogP contribution in [0.3, 0.4) is 0 Å². The molecule has 2 heterocycles. The maximum atomic E-state index is 12.4. The molecule has 1 amide bonds. The third kappa shape index (κ3) is 3.33. The highest BCUT2D eigenvalue weighted by molar-refractivity contribution is 9.12. The van der Waals surface area contributed by atoms with Gasteiger partial charge in [-0.15, -0.1) is 11.3 Å². The van der Waals surface area contributed by atoms with Crippen molar-refractivity contribution in [1.82, 2.24) is 4.90 Å². The van der Waals surface area contributed by atoms with Crippen molar-refractivity contribution >= 4 is 65.0 Å². The SMILES string of the molecule is O=C(c1cc(Br)sc1Br)N1CCCC(CBr)C1. The van der Waals surface area contributed by atoms with Gasteiger partial charge in [0.25, 0.3) is 5.91 Å². The molecule has 6 heteroatoms. The molecule has 1 fully saturated rings. The van der Waals surface area contributed by atoms with Crippen molar-refractivity contribution in [3.63, 3.8) is 0 Å². The molecule has 17 heavy (non-hydrogen) atoms. The summed E-state index contributed by atoms with van der Waals surface area (Å²) in [6, 6.07) is 1.90. The van der Waals surface area contributed by atoms with Crippen LogP contribution >= 0.6 is 59.1 Å². The van der Waals surface area contributed by atoms with Crippen LogP contribution in [0.15, 0.2) is 13.6 Å². The topological polar surface area (TPSA) is 20.3 Å². The van der Waals surface area contributed by atoms with E-state index in [0.29, 0.717) is 5.92 Å². The van der Waals surface area contributed by atoms with Crippen LogP contribution in [0, 0.1) is 5.92 Å². The lowest BCUT2D eigenvalue weighted by atomic mass is 10.00. The number of hydrogen-bond acceptors (Lipinski definition) is 2. The lowest BCUT2D eigenvalue weighted by Gasteiger charge is -2.31. The van der Waals surface area contributed by atoms with Crippen molar-refractivity contribution < 1.29 is 4.79 Å². The fraction of sp³-hybridized carbons (Fsp3) is 0.545. The van der Waals surface area contributed by atoms with E-state index in [2.05, 4.69) is 47.8 Å². The number of carbonyl (C=O) groups excluding carboxylic acids is 1. The summed E-state index contributed by atoms with van der Waals surface area (Å²) >= 11 is 11.9. The van der Waals surface area contributed by atoms with Crippen molar-refractivity contribution in [3.8, 4) is 0 Å². The first kappa shape index (κ1) is 14.0. The minimum atomic E-state index is 0.143. The molecule has 0 spiro atoms. The second kappa shape index (κ2) is 6.17. The Hall–Kier alpha value is 0.610. The van der Waals surface area contributed by atoms with Gasteiger partial charge >= 0.3 is 0 Å². The van der Waals surface area contributed by atoms with Crippen molar-refractivity contribution in [2.45, 2.75) is 12.8 Å². The summed E-state index contributed by atoms with van der Waals surface area (Å²) in [7, 11) is 0. The number of rotatable bonds is 2. The number of hydrogen-bond donors (Lipinski definition) is 0. The van der Waals surface area contributed by atoms with E-state index in [0.717, 1.165) is 38.0 Å². The van der Waals surface area contributed by atoms with E-state index in [-0.39, 0.29) is 5.91 Å². The van der Waals surface area contributed by atoms with Gasteiger partial charge in [-0.05, 0) is 56.7 Å². The second-order valence-electron chi connectivity index (χ2n) is 4.15. The van der Waals surface area contributed by atoms with Crippen LogP contribution in [0.2, 0.25) is 0 Å². The molecule has 2 nitrogen and oxygen atoms in total. The largest absolute Gasteiger partial charge is 0.338 e. The number of amides is 1. The van der Waals surface area contributed by atoms with Gasteiger partial charge in [0.2, 0.25) is 0 Å². The highest BCUT2D eigenvalue weighted by atomic mass is 79.9. The number of carbonyl (C=O) groups is 1. The quantitative estimate of drug-likeness (QED) is 0.613. The van der Waals surface area contributed by atoms with Crippen LogP contribution in [0.5, 0.6) is 0 Å². The average Bonchev–Trinajstić information content (AvgIpc) is 2.67. The minimum Gasteiger partial charge on any atom is -0.338 e. The Labute approximate surface area is 130 Å². The van der Waals surface area contributed by atoms with Gasteiger partial charge in [0.05, 0.1) is 13.1 Å². The summed E-state index contributed by atoms with van der Waals surface area (Å²) in [6.45, 7) is 1.74. The maximum absolute atomic E-state index is 12.4. The summed E-state index contributed by atoms with van der Waals surface area (Å²) < 4.78 is 1.90. The fourth-order valence-corrected chi connectivity index (χ4v) is 5.34. The number of halogens is 3. The van der Waals surface area contributed by atoms with Gasteiger partial charge in [0, 0.05) is 18.4 Å². The smallest absolute Gasteiger partial charge is 0.255 e. The molecule has 1 saturated heterocycles. The third-order valence-electron chi connectivity index (χ3n) is 2.91. The lowest BCUT2D eigenvalue weighted by Crippen LogP contribution is -2.40. The van der Waals surface area contributed by atoms with Gasteiger partial charge in [0.1, 0.15) is 0 Å². The van der Waals surface area contributed by atoms with E-state index in [1.54, 1.807) is 11.3 Å². The zero-order chi connectivity index (χ0) is 12.4. The van der Waals surface area contributed by atoms with E-state index in [1.165, 1.54) is 6.42 Å². The summed E-state index contributed by atoms with van der Waals surface area (Å²) in [5, 5.41) is 0.977. The van der Waals surface area contributed by atoms with Crippen LogP contribution in [0.1, 0.15) is 23.2 Å². The molecule has 94 valence electrons. The van der Waals surface area contributed by atoms with Gasteiger partial charge in [-0.25, -0.2) is 0 Å². The summed E-state index contributed by atoms with van der Waals surface area (Å²) in [4.78, 5) is 14.3. The first-order chi connectivity index (χ1) is 8.11. The molecule has 0 aliphatic carbocycles. The van der Waals surface area contributed by atoms with Gasteiger partial charge in [-0.2, -0.15) is 0 Å². The van der Waals surface area contributed by atoms with E-state index in [1.807, 2.05) is 11.0 Å². The van der Waals surface area contributed by atoms with Crippen molar-refractivity contribution in [3.05, 3.63) is 19.2 Å². The van der Waals surface area contributed by atoms with E-state index < -0.39 is 0 Å². The van der Waals surface area contributed by atoms with Crippen molar-refractivity contribution in [2.75, 3.05) is 18.4 Å². The Morgan fingerprint density at radius 3 is 2.88 bits per heavy atom. The lowest BCUT2D eigenvalue weighted by molar-refractivity contribution is 0.0685. The molecule has 2 rings (SSSR count). The molecular weight excluding hydrogens is 434 g/mol. The van der Waals surface area contributed by atoms with E-state index in [9.17, 15) is 4.79 Å². The normalized spacial score (nSPS) is 20.6. The van der Waals surface area contributed by atoms with Crippen LogP contribution in [0.4, 0.5) is 0 Å². The highest BCUT2D eigenvalue weighted by Crippen LogP contribution is 2.33. The molecule has 1 aliphatic rings. The molecule has 0 bridgehead atoms. The van der Waals surface area contributed by atoms with Crippen LogP contribution in [-0.4, -0.2) is 29.2 Å². The molecule has 0 aromatic carbocycles. The molecule has 0 N–H and O–H groups in total. The molecule has 1 aliphatic heterocycles. The Bertz CT molecular complexity index is 421. The summed E-state index contributed by atoms with van der Waals surface area (Å²) in [6.07, 6.45) is 2.31. The predicted molar refractivity (Wildman–Crippen MR) is 82.1 cm³/mol. The van der Waals surface area contributed by atoms with Gasteiger partial charge in [-0.3, -0.25) is 4.79 Å². The van der Waals surface area contributed by atoms with E-state index >= 15 is 0 Å². The third-order valence-corrected chi connectivity index (χ3v) is 6.17. The van der Waals surface area contributed by atoms with Crippen molar-refractivity contribution in [1.29, 1.82) is 0 Å². The standard InChI is InChI=1S/C11H12Br3NOS/c12-5-7-2-1-3-15(6-7)11(16)8-4-9(13)17-10(8)14/h4,7H,1-3,5-6H2. The number of piperidine rings is 1. The first-order valence-corrected chi connectivity index (χ1v) is 8.94. The second-order valence-corrected chi connectivity index (χ2v) is 8.55. The van der Waals surface area contributed by atoms with Gasteiger partial charge in [0.15, 0.2) is 0 Å². The summed E-state index contributed by atoms with van der Waals surface area (Å²) in [5.74, 6) is 0.734. The van der Waals surface area contributed by atoms with Crippen LogP contribution in [-0.2, 0) is 0 Å². The van der Waals surface area contributed by atoms with E-state index in [4.69, 9.17) is 0 Å². The predicted octanol–water partition coefficient (Wildman–Crippen LogP) is 4.52. The van der Waals surface area contributed by atoms with Gasteiger partial charge in [-0.1, -0.05) is 15.9 Å². The molecule has 0 radical (unpaired) electrons. The van der Waals surface area contributed by atoms with Crippen molar-refractivity contribution in [2.24, 2.45) is 5.92 Å². The fourth-order valence-electron chi connectivity index (χ4n) is 2.03. The Balaban J connectivity index is 2.12. The molecule has 1 atom stereocenters. The highest BCUT2D eigenvalue weighted by Gasteiger charge is 2.25. The zero-order valence-electron chi connectivity index (χ0n) is 9.09. The summed E-state index contributed by atoms with van der Waals surface area (Å²) in [5.41, 5.74) is 0.775. The minimum absolute atomic E-state index is 0.143. The number of alkyl halides is 1.